The molecule has 0 radical (unpaired) electrons. The van der Waals surface area contributed by atoms with Crippen LogP contribution < -0.4 is 5.32 Å². The lowest BCUT2D eigenvalue weighted by Gasteiger charge is -2.26. The van der Waals surface area contributed by atoms with Gasteiger partial charge in [-0.2, -0.15) is 0 Å². The summed E-state index contributed by atoms with van der Waals surface area (Å²) in [6.07, 6.45) is 1.52. The SMILES string of the molecule is CN(C(=O)NCc1ccco1)C1COCC1C(=O)O. The second-order valence-corrected chi connectivity index (χ2v) is 4.40. The number of hydrogen-bond acceptors (Lipinski definition) is 4. The van der Waals surface area contributed by atoms with Gasteiger partial charge in [0, 0.05) is 7.05 Å². The largest absolute Gasteiger partial charge is 0.481 e. The molecule has 19 heavy (non-hydrogen) atoms. The molecule has 104 valence electrons. The molecule has 0 aromatic carbocycles. The Labute approximate surface area is 110 Å². The smallest absolute Gasteiger partial charge is 0.317 e. The molecule has 1 aliphatic heterocycles. The minimum Gasteiger partial charge on any atom is -0.481 e. The molecule has 7 heteroatoms. The Morgan fingerprint density at radius 2 is 2.32 bits per heavy atom. The van der Waals surface area contributed by atoms with Gasteiger partial charge in [-0.05, 0) is 12.1 Å². The Balaban J connectivity index is 1.89. The lowest BCUT2D eigenvalue weighted by atomic mass is 10.0. The summed E-state index contributed by atoms with van der Waals surface area (Å²) in [5.74, 6) is -0.994. The standard InChI is InChI=1S/C12H16N2O5/c1-14(10-7-18-6-9(10)11(15)16)12(17)13-5-8-3-2-4-19-8/h2-4,9-10H,5-7H2,1H3,(H,13,17)(H,15,16). The van der Waals surface area contributed by atoms with Crippen LogP contribution in [-0.4, -0.2) is 48.3 Å². The highest BCUT2D eigenvalue weighted by atomic mass is 16.5. The Morgan fingerprint density at radius 1 is 1.53 bits per heavy atom. The quantitative estimate of drug-likeness (QED) is 0.830. The van der Waals surface area contributed by atoms with Gasteiger partial charge in [-0.1, -0.05) is 0 Å². The minimum absolute atomic E-state index is 0.135. The molecule has 1 fully saturated rings. The van der Waals surface area contributed by atoms with Crippen molar-refractivity contribution in [1.82, 2.24) is 10.2 Å². The van der Waals surface area contributed by atoms with Crippen molar-refractivity contribution in [3.05, 3.63) is 24.2 Å². The summed E-state index contributed by atoms with van der Waals surface area (Å²) in [5.41, 5.74) is 0. The summed E-state index contributed by atoms with van der Waals surface area (Å²) in [5, 5.41) is 11.7. The first kappa shape index (κ1) is 13.4. The molecule has 1 aromatic rings. The Bertz CT molecular complexity index is 445. The maximum absolute atomic E-state index is 11.9. The van der Waals surface area contributed by atoms with Crippen molar-refractivity contribution in [2.45, 2.75) is 12.6 Å². The number of rotatable bonds is 4. The maximum atomic E-state index is 11.9. The highest BCUT2D eigenvalue weighted by molar-refractivity contribution is 5.77. The van der Waals surface area contributed by atoms with Crippen LogP contribution in [0.5, 0.6) is 0 Å². The lowest BCUT2D eigenvalue weighted by molar-refractivity contribution is -0.142. The summed E-state index contributed by atoms with van der Waals surface area (Å²) < 4.78 is 10.2. The molecule has 2 rings (SSSR count). The number of ether oxygens (including phenoxy) is 1. The number of carboxylic acid groups (broad SMARTS) is 1. The molecule has 0 saturated carbocycles. The number of hydrogen-bond donors (Lipinski definition) is 2. The van der Waals surface area contributed by atoms with E-state index in [-0.39, 0.29) is 25.8 Å². The summed E-state index contributed by atoms with van der Waals surface area (Å²) in [4.78, 5) is 24.3. The number of likely N-dealkylation sites (N-methyl/N-ethyl adjacent to an activating group) is 1. The third kappa shape index (κ3) is 3.05. The second-order valence-electron chi connectivity index (χ2n) is 4.40. The fraction of sp³-hybridized carbons (Fsp3) is 0.500. The van der Waals surface area contributed by atoms with E-state index in [1.54, 1.807) is 19.2 Å². The molecule has 1 saturated heterocycles. The third-order valence-corrected chi connectivity index (χ3v) is 3.18. The number of carbonyl (C=O) groups is 2. The number of carboxylic acids is 1. The monoisotopic (exact) mass is 268 g/mol. The van der Waals surface area contributed by atoms with Gasteiger partial charge in [-0.25, -0.2) is 4.79 Å². The van der Waals surface area contributed by atoms with Gasteiger partial charge >= 0.3 is 12.0 Å². The molecule has 0 aliphatic carbocycles. The first-order valence-corrected chi connectivity index (χ1v) is 5.93. The molecule has 2 N–H and O–H groups in total. The van der Waals surface area contributed by atoms with E-state index in [0.717, 1.165) is 0 Å². The van der Waals surface area contributed by atoms with Crippen LogP contribution in [0.25, 0.3) is 0 Å². The molecular weight excluding hydrogens is 252 g/mol. The van der Waals surface area contributed by atoms with Crippen LogP contribution >= 0.6 is 0 Å². The van der Waals surface area contributed by atoms with Crippen molar-refractivity contribution in [1.29, 1.82) is 0 Å². The maximum Gasteiger partial charge on any atom is 0.317 e. The Kier molecular flexibility index (Phi) is 4.06. The fourth-order valence-electron chi connectivity index (χ4n) is 2.01. The van der Waals surface area contributed by atoms with Gasteiger partial charge in [0.2, 0.25) is 0 Å². The first-order valence-electron chi connectivity index (χ1n) is 5.93. The molecule has 2 unspecified atom stereocenters. The van der Waals surface area contributed by atoms with Gasteiger partial charge in [0.25, 0.3) is 0 Å². The van der Waals surface area contributed by atoms with E-state index in [4.69, 9.17) is 14.3 Å². The summed E-state index contributed by atoms with van der Waals surface area (Å²) in [6, 6.07) is 2.68. The zero-order valence-electron chi connectivity index (χ0n) is 10.5. The Hall–Kier alpha value is -2.02. The first-order chi connectivity index (χ1) is 9.09. The van der Waals surface area contributed by atoms with Crippen LogP contribution in [0.4, 0.5) is 4.79 Å². The van der Waals surface area contributed by atoms with Gasteiger partial charge < -0.3 is 24.5 Å². The molecular formula is C12H16N2O5. The van der Waals surface area contributed by atoms with Crippen molar-refractivity contribution in [2.24, 2.45) is 5.92 Å². The molecule has 2 heterocycles. The van der Waals surface area contributed by atoms with Crippen LogP contribution in [0, 0.1) is 5.92 Å². The van der Waals surface area contributed by atoms with Crippen molar-refractivity contribution in [2.75, 3.05) is 20.3 Å². The summed E-state index contributed by atoms with van der Waals surface area (Å²) in [7, 11) is 1.56. The topological polar surface area (TPSA) is 92.0 Å². The molecule has 2 amide bonds. The van der Waals surface area contributed by atoms with E-state index in [2.05, 4.69) is 5.32 Å². The number of amides is 2. The Morgan fingerprint density at radius 3 is 2.95 bits per heavy atom. The molecule has 0 spiro atoms. The number of furan rings is 1. The third-order valence-electron chi connectivity index (χ3n) is 3.18. The molecule has 7 nitrogen and oxygen atoms in total. The summed E-state index contributed by atoms with van der Waals surface area (Å²) >= 11 is 0. The average molecular weight is 268 g/mol. The highest BCUT2D eigenvalue weighted by Crippen LogP contribution is 2.19. The van der Waals surface area contributed by atoms with E-state index in [9.17, 15) is 9.59 Å². The molecule has 1 aromatic heterocycles. The fourth-order valence-corrected chi connectivity index (χ4v) is 2.01. The highest BCUT2D eigenvalue weighted by Gasteiger charge is 2.38. The van der Waals surface area contributed by atoms with E-state index in [1.165, 1.54) is 11.2 Å². The van der Waals surface area contributed by atoms with E-state index in [0.29, 0.717) is 5.76 Å². The van der Waals surface area contributed by atoms with Gasteiger partial charge in [-0.3, -0.25) is 4.79 Å². The molecule has 1 aliphatic rings. The van der Waals surface area contributed by atoms with Crippen molar-refractivity contribution < 1.29 is 23.8 Å². The molecule has 2 atom stereocenters. The number of nitrogens with one attached hydrogen (secondary N) is 1. The van der Waals surface area contributed by atoms with Crippen LogP contribution in [0.1, 0.15) is 5.76 Å². The van der Waals surface area contributed by atoms with Gasteiger partial charge in [0.05, 0.1) is 32.1 Å². The lowest BCUT2D eigenvalue weighted by Crippen LogP contribution is -2.48. The number of urea groups is 1. The normalized spacial score (nSPS) is 22.2. The van der Waals surface area contributed by atoms with Crippen LogP contribution in [-0.2, 0) is 16.1 Å². The number of nitrogens with zero attached hydrogens (tertiary/aromatic N) is 1. The van der Waals surface area contributed by atoms with Gasteiger partial charge in [-0.15, -0.1) is 0 Å². The van der Waals surface area contributed by atoms with E-state index < -0.39 is 17.9 Å². The van der Waals surface area contributed by atoms with Crippen LogP contribution in [0.15, 0.2) is 22.8 Å². The number of aliphatic carboxylic acids is 1. The second kappa shape index (κ2) is 5.75. The predicted octanol–water partition coefficient (Wildman–Crippen LogP) is 0.521. The minimum atomic E-state index is -0.951. The van der Waals surface area contributed by atoms with Crippen molar-refractivity contribution >= 4 is 12.0 Å². The van der Waals surface area contributed by atoms with Crippen LogP contribution in [0.3, 0.4) is 0 Å². The van der Waals surface area contributed by atoms with Crippen LogP contribution in [0.2, 0.25) is 0 Å². The zero-order valence-corrected chi connectivity index (χ0v) is 10.5. The van der Waals surface area contributed by atoms with E-state index >= 15 is 0 Å². The van der Waals surface area contributed by atoms with E-state index in [1.807, 2.05) is 0 Å². The molecule has 0 bridgehead atoms. The summed E-state index contributed by atoms with van der Waals surface area (Å²) in [6.45, 7) is 0.638. The average Bonchev–Trinajstić information content (AvgIpc) is 3.05. The predicted molar refractivity (Wildman–Crippen MR) is 64.4 cm³/mol. The number of carbonyl (C=O) groups excluding carboxylic acids is 1. The van der Waals surface area contributed by atoms with Crippen molar-refractivity contribution in [3.63, 3.8) is 0 Å². The van der Waals surface area contributed by atoms with Crippen molar-refractivity contribution in [3.8, 4) is 0 Å². The van der Waals surface area contributed by atoms with Gasteiger partial charge in [0.15, 0.2) is 0 Å². The zero-order chi connectivity index (χ0) is 13.8. The van der Waals surface area contributed by atoms with Gasteiger partial charge in [0.1, 0.15) is 11.7 Å².